The fourth-order valence-electron chi connectivity index (χ4n) is 1.80. The van der Waals surface area contributed by atoms with Crippen molar-refractivity contribution >= 4 is 0 Å². The topological polar surface area (TPSA) is 29.3 Å². The van der Waals surface area contributed by atoms with Gasteiger partial charge in [-0.25, -0.2) is 4.39 Å². The molecule has 0 saturated carbocycles. The lowest BCUT2D eigenvalue weighted by atomic mass is 10.1. The van der Waals surface area contributed by atoms with Crippen LogP contribution in [0.15, 0.2) is 24.1 Å². The summed E-state index contributed by atoms with van der Waals surface area (Å²) in [6, 6.07) is 0.594. The molecule has 80 valence electrons. The maximum absolute atomic E-state index is 12.9. The third-order valence-corrected chi connectivity index (χ3v) is 2.67. The Morgan fingerprint density at radius 2 is 2.43 bits per heavy atom. The summed E-state index contributed by atoms with van der Waals surface area (Å²) in [4.78, 5) is 2.33. The highest BCUT2D eigenvalue weighted by atomic mass is 19.1. The molecule has 0 amide bonds. The Balaban J connectivity index is 2.28. The molecule has 1 saturated heterocycles. The van der Waals surface area contributed by atoms with Crippen LogP contribution >= 0.6 is 0 Å². The van der Waals surface area contributed by atoms with Gasteiger partial charge in [0.25, 0.3) is 0 Å². The first-order chi connectivity index (χ1) is 6.74. The summed E-state index contributed by atoms with van der Waals surface area (Å²) in [7, 11) is 2.12. The van der Waals surface area contributed by atoms with E-state index in [9.17, 15) is 4.39 Å². The van der Waals surface area contributed by atoms with Crippen molar-refractivity contribution in [2.75, 3.05) is 20.1 Å². The number of nitrogens with zero attached hydrogens (tertiary/aromatic N) is 1. The zero-order valence-corrected chi connectivity index (χ0v) is 8.75. The van der Waals surface area contributed by atoms with E-state index in [0.717, 1.165) is 6.42 Å². The van der Waals surface area contributed by atoms with E-state index in [4.69, 9.17) is 5.73 Å². The molecule has 0 bridgehead atoms. The second kappa shape index (κ2) is 5.94. The average molecular weight is 198 g/mol. The Kier molecular flexibility index (Phi) is 4.84. The summed E-state index contributed by atoms with van der Waals surface area (Å²) in [5.74, 6) is -0.229. The van der Waals surface area contributed by atoms with Crippen LogP contribution in [0.25, 0.3) is 0 Å². The average Bonchev–Trinajstić information content (AvgIpc) is 2.52. The second-order valence-electron chi connectivity index (χ2n) is 3.74. The molecule has 1 atom stereocenters. The van der Waals surface area contributed by atoms with E-state index in [1.165, 1.54) is 31.5 Å². The molecule has 1 fully saturated rings. The van der Waals surface area contributed by atoms with Gasteiger partial charge in [-0.15, -0.1) is 0 Å². The van der Waals surface area contributed by atoms with Crippen molar-refractivity contribution in [3.8, 4) is 0 Å². The fraction of sp³-hybridized carbons (Fsp3) is 0.636. The van der Waals surface area contributed by atoms with Crippen molar-refractivity contribution < 1.29 is 4.39 Å². The molecule has 0 aromatic carbocycles. The second-order valence-corrected chi connectivity index (χ2v) is 3.74. The van der Waals surface area contributed by atoms with Crippen LogP contribution in [-0.2, 0) is 0 Å². The molecule has 1 rings (SSSR count). The first kappa shape index (κ1) is 11.4. The lowest BCUT2D eigenvalue weighted by Crippen LogP contribution is -2.23. The van der Waals surface area contributed by atoms with Crippen LogP contribution in [0.4, 0.5) is 4.39 Å². The van der Waals surface area contributed by atoms with Crippen LogP contribution in [0.2, 0.25) is 0 Å². The molecule has 0 radical (unpaired) electrons. The number of allylic oxidation sites excluding steroid dienone is 2. The number of likely N-dealkylation sites (tertiary alicyclic amines) is 1. The molecule has 0 aromatic heterocycles. The standard InChI is InChI=1S/C11H19FN2/c1-14-9-3-6-11(14)5-2-4-10(12)7-8-13/h2,4,7,11H,3,5-6,8-9,13H2,1H3/b4-2-,10-7+. The smallest absolute Gasteiger partial charge is 0.120 e. The van der Waals surface area contributed by atoms with Gasteiger partial charge >= 0.3 is 0 Å². The summed E-state index contributed by atoms with van der Waals surface area (Å²) >= 11 is 0. The van der Waals surface area contributed by atoms with Crippen LogP contribution in [0.3, 0.4) is 0 Å². The van der Waals surface area contributed by atoms with Crippen LogP contribution in [0.5, 0.6) is 0 Å². The molecule has 0 aromatic rings. The Hall–Kier alpha value is -0.670. The number of rotatable bonds is 4. The van der Waals surface area contributed by atoms with E-state index in [0.29, 0.717) is 6.04 Å². The Bertz CT molecular complexity index is 223. The van der Waals surface area contributed by atoms with Gasteiger partial charge in [0.15, 0.2) is 0 Å². The minimum atomic E-state index is -0.229. The molecule has 1 heterocycles. The van der Waals surface area contributed by atoms with E-state index in [-0.39, 0.29) is 12.4 Å². The molecular weight excluding hydrogens is 179 g/mol. The van der Waals surface area contributed by atoms with E-state index >= 15 is 0 Å². The highest BCUT2D eigenvalue weighted by molar-refractivity contribution is 5.11. The molecule has 3 heteroatoms. The first-order valence-electron chi connectivity index (χ1n) is 5.16. The van der Waals surface area contributed by atoms with Crippen LogP contribution in [0, 0.1) is 0 Å². The van der Waals surface area contributed by atoms with Crippen LogP contribution in [-0.4, -0.2) is 31.1 Å². The maximum atomic E-state index is 12.9. The lowest BCUT2D eigenvalue weighted by Gasteiger charge is -2.16. The normalized spacial score (nSPS) is 25.1. The third kappa shape index (κ3) is 3.60. The summed E-state index contributed by atoms with van der Waals surface area (Å²) in [5, 5.41) is 0. The zero-order valence-electron chi connectivity index (χ0n) is 8.75. The number of halogens is 1. The molecule has 2 N–H and O–H groups in total. The predicted octanol–water partition coefficient (Wildman–Crippen LogP) is 1.84. The van der Waals surface area contributed by atoms with Gasteiger partial charge in [0.1, 0.15) is 5.83 Å². The largest absolute Gasteiger partial charge is 0.327 e. The summed E-state index contributed by atoms with van der Waals surface area (Å²) in [6.07, 6.45) is 8.21. The van der Waals surface area contributed by atoms with Gasteiger partial charge in [0.05, 0.1) is 0 Å². The molecule has 1 aliphatic rings. The maximum Gasteiger partial charge on any atom is 0.120 e. The zero-order chi connectivity index (χ0) is 10.4. The van der Waals surface area contributed by atoms with Gasteiger partial charge in [0.2, 0.25) is 0 Å². The Morgan fingerprint density at radius 1 is 1.64 bits per heavy atom. The molecular formula is C11H19FN2. The Morgan fingerprint density at radius 3 is 3.00 bits per heavy atom. The minimum absolute atomic E-state index is 0.229. The van der Waals surface area contributed by atoms with E-state index in [2.05, 4.69) is 11.9 Å². The first-order valence-corrected chi connectivity index (χ1v) is 5.16. The number of nitrogens with two attached hydrogens (primary N) is 1. The van der Waals surface area contributed by atoms with E-state index in [1.807, 2.05) is 6.08 Å². The van der Waals surface area contributed by atoms with Crippen molar-refractivity contribution in [1.82, 2.24) is 4.90 Å². The number of hydrogen-bond acceptors (Lipinski definition) is 2. The molecule has 0 spiro atoms. The molecule has 1 unspecified atom stereocenters. The summed E-state index contributed by atoms with van der Waals surface area (Å²) in [6.45, 7) is 1.43. The predicted molar refractivity (Wildman–Crippen MR) is 57.7 cm³/mol. The van der Waals surface area contributed by atoms with Crippen molar-refractivity contribution in [1.29, 1.82) is 0 Å². The van der Waals surface area contributed by atoms with Crippen LogP contribution in [0.1, 0.15) is 19.3 Å². The summed E-state index contributed by atoms with van der Waals surface area (Å²) in [5.41, 5.74) is 5.19. The lowest BCUT2D eigenvalue weighted by molar-refractivity contribution is 0.312. The van der Waals surface area contributed by atoms with E-state index in [1.54, 1.807) is 0 Å². The van der Waals surface area contributed by atoms with Gasteiger partial charge in [-0.2, -0.15) is 0 Å². The van der Waals surface area contributed by atoms with Crippen molar-refractivity contribution in [3.05, 3.63) is 24.1 Å². The third-order valence-electron chi connectivity index (χ3n) is 2.67. The van der Waals surface area contributed by atoms with Crippen molar-refractivity contribution in [3.63, 3.8) is 0 Å². The minimum Gasteiger partial charge on any atom is -0.327 e. The van der Waals surface area contributed by atoms with Crippen molar-refractivity contribution in [2.45, 2.75) is 25.3 Å². The highest BCUT2D eigenvalue weighted by Gasteiger charge is 2.18. The summed E-state index contributed by atoms with van der Waals surface area (Å²) < 4.78 is 12.9. The highest BCUT2D eigenvalue weighted by Crippen LogP contribution is 2.18. The van der Waals surface area contributed by atoms with Gasteiger partial charge in [-0.05, 0) is 45.0 Å². The van der Waals surface area contributed by atoms with Crippen LogP contribution < -0.4 is 5.73 Å². The van der Waals surface area contributed by atoms with Gasteiger partial charge in [-0.1, -0.05) is 6.08 Å². The molecule has 0 aliphatic carbocycles. The molecule has 2 nitrogen and oxygen atoms in total. The van der Waals surface area contributed by atoms with Crippen molar-refractivity contribution in [2.24, 2.45) is 5.73 Å². The van der Waals surface area contributed by atoms with E-state index < -0.39 is 0 Å². The van der Waals surface area contributed by atoms with Gasteiger partial charge in [-0.3, -0.25) is 0 Å². The fourth-order valence-corrected chi connectivity index (χ4v) is 1.80. The Labute approximate surface area is 85.3 Å². The quantitative estimate of drug-likeness (QED) is 0.698. The van der Waals surface area contributed by atoms with Gasteiger partial charge < -0.3 is 10.6 Å². The molecule has 1 aliphatic heterocycles. The SMILES string of the molecule is CN1CCCC1C/C=C\C(F)=C/CN. The molecule has 14 heavy (non-hydrogen) atoms. The number of hydrogen-bond donors (Lipinski definition) is 1. The monoisotopic (exact) mass is 198 g/mol. The van der Waals surface area contributed by atoms with Gasteiger partial charge in [0, 0.05) is 12.6 Å².